The zero-order valence-corrected chi connectivity index (χ0v) is 14.3. The summed E-state index contributed by atoms with van der Waals surface area (Å²) in [6.45, 7) is -0.256. The molecule has 0 aliphatic rings. The molecule has 2 rings (SSSR count). The fourth-order valence-electron chi connectivity index (χ4n) is 1.81. The van der Waals surface area contributed by atoms with Crippen LogP contribution in [0.2, 0.25) is 0 Å². The molecule has 1 heterocycles. The molecule has 0 spiro atoms. The van der Waals surface area contributed by atoms with Crippen LogP contribution in [0.1, 0.15) is 17.7 Å². The number of rotatable bonds is 7. The number of benzene rings is 1. The summed E-state index contributed by atoms with van der Waals surface area (Å²) in [7, 11) is 0. The second kappa shape index (κ2) is 8.70. The monoisotopic (exact) mass is 381 g/mol. The molecule has 0 atom stereocenters. The van der Waals surface area contributed by atoms with Gasteiger partial charge in [0.25, 0.3) is 5.91 Å². The lowest BCUT2D eigenvalue weighted by Gasteiger charge is -2.06. The number of thiophene rings is 1. The van der Waals surface area contributed by atoms with Gasteiger partial charge in [0, 0.05) is 21.5 Å². The largest absolute Gasteiger partial charge is 0.456 e. The van der Waals surface area contributed by atoms with Crippen LogP contribution in [0.5, 0.6) is 0 Å². The van der Waals surface area contributed by atoms with Crippen LogP contribution in [-0.2, 0) is 20.7 Å². The molecule has 0 saturated heterocycles. The number of carbonyl (C=O) groups excluding carboxylic acids is 2. The van der Waals surface area contributed by atoms with Crippen molar-refractivity contribution in [3.63, 3.8) is 0 Å². The predicted molar refractivity (Wildman–Crippen MR) is 91.0 cm³/mol. The van der Waals surface area contributed by atoms with Crippen molar-refractivity contribution >= 4 is 44.8 Å². The van der Waals surface area contributed by atoms with Gasteiger partial charge in [0.05, 0.1) is 0 Å². The van der Waals surface area contributed by atoms with Crippen molar-refractivity contribution in [2.45, 2.75) is 19.3 Å². The van der Waals surface area contributed by atoms with Gasteiger partial charge in [-0.05, 0) is 48.6 Å². The highest BCUT2D eigenvalue weighted by Gasteiger charge is 2.08. The lowest BCUT2D eigenvalue weighted by Crippen LogP contribution is -2.20. The van der Waals surface area contributed by atoms with Gasteiger partial charge in [-0.25, -0.2) is 0 Å². The normalized spacial score (nSPS) is 10.2. The van der Waals surface area contributed by atoms with Crippen molar-refractivity contribution in [2.24, 2.45) is 0 Å². The molecule has 1 N–H and O–H groups in total. The Kier molecular flexibility index (Phi) is 6.61. The molecule has 0 aliphatic carbocycles. The summed E-state index contributed by atoms with van der Waals surface area (Å²) < 4.78 is 5.90. The maximum absolute atomic E-state index is 11.7. The molecule has 4 nitrogen and oxygen atoms in total. The van der Waals surface area contributed by atoms with Crippen LogP contribution in [0.4, 0.5) is 5.69 Å². The van der Waals surface area contributed by atoms with Crippen LogP contribution in [0.3, 0.4) is 0 Å². The molecule has 2 aromatic rings. The molecule has 0 saturated carbocycles. The van der Waals surface area contributed by atoms with Crippen LogP contribution in [0, 0.1) is 0 Å². The fraction of sp³-hybridized carbons (Fsp3) is 0.250. The Bertz CT molecular complexity index is 611. The van der Waals surface area contributed by atoms with E-state index in [2.05, 4.69) is 21.2 Å². The molecule has 1 aromatic heterocycles. The van der Waals surface area contributed by atoms with E-state index in [1.54, 1.807) is 23.5 Å². The first-order chi connectivity index (χ1) is 10.6. The Morgan fingerprint density at radius 3 is 2.64 bits per heavy atom. The quantitative estimate of drug-likeness (QED) is 0.736. The third kappa shape index (κ3) is 5.99. The zero-order chi connectivity index (χ0) is 15.8. The molecule has 0 fully saturated rings. The highest BCUT2D eigenvalue weighted by molar-refractivity contribution is 9.10. The molecule has 116 valence electrons. The molecule has 0 radical (unpaired) electrons. The van der Waals surface area contributed by atoms with E-state index in [9.17, 15) is 9.59 Å². The van der Waals surface area contributed by atoms with Gasteiger partial charge in [-0.15, -0.1) is 11.3 Å². The maximum Gasteiger partial charge on any atom is 0.306 e. The molecule has 1 amide bonds. The number of anilines is 1. The summed E-state index contributed by atoms with van der Waals surface area (Å²) in [5.74, 6) is -0.684. The molecule has 0 bridgehead atoms. The Labute approximate surface area is 141 Å². The van der Waals surface area contributed by atoms with E-state index in [0.29, 0.717) is 12.1 Å². The van der Waals surface area contributed by atoms with Crippen molar-refractivity contribution in [2.75, 3.05) is 11.9 Å². The van der Waals surface area contributed by atoms with Crippen molar-refractivity contribution in [1.82, 2.24) is 0 Å². The first kappa shape index (κ1) is 16.7. The number of halogens is 1. The fourth-order valence-corrected chi connectivity index (χ4v) is 2.83. The van der Waals surface area contributed by atoms with Crippen molar-refractivity contribution in [3.8, 4) is 0 Å². The topological polar surface area (TPSA) is 55.4 Å². The number of nitrogens with one attached hydrogen (secondary N) is 1. The van der Waals surface area contributed by atoms with Gasteiger partial charge in [0.1, 0.15) is 0 Å². The Morgan fingerprint density at radius 1 is 1.18 bits per heavy atom. The first-order valence-corrected chi connectivity index (χ1v) is 8.54. The molecule has 1 aromatic carbocycles. The van der Waals surface area contributed by atoms with Crippen LogP contribution >= 0.6 is 27.3 Å². The number of hydrogen-bond acceptors (Lipinski definition) is 4. The summed E-state index contributed by atoms with van der Waals surface area (Å²) in [5, 5.41) is 4.68. The molecule has 0 unspecified atom stereocenters. The van der Waals surface area contributed by atoms with E-state index in [0.717, 1.165) is 17.3 Å². The summed E-state index contributed by atoms with van der Waals surface area (Å²) in [4.78, 5) is 24.5. The molecular formula is C16H16BrNO3S. The van der Waals surface area contributed by atoms with Crippen molar-refractivity contribution < 1.29 is 14.3 Å². The number of aryl methyl sites for hydroxylation is 1. The number of carbonyl (C=O) groups is 2. The van der Waals surface area contributed by atoms with E-state index < -0.39 is 0 Å². The average Bonchev–Trinajstić information content (AvgIpc) is 3.01. The maximum atomic E-state index is 11.7. The van der Waals surface area contributed by atoms with Gasteiger partial charge in [-0.2, -0.15) is 0 Å². The van der Waals surface area contributed by atoms with E-state index in [1.165, 1.54) is 4.88 Å². The average molecular weight is 382 g/mol. The second-order valence-electron chi connectivity index (χ2n) is 4.65. The van der Waals surface area contributed by atoms with Gasteiger partial charge in [0.15, 0.2) is 6.61 Å². The summed E-state index contributed by atoms with van der Waals surface area (Å²) >= 11 is 4.99. The first-order valence-electron chi connectivity index (χ1n) is 6.87. The Balaban J connectivity index is 1.63. The minimum atomic E-state index is -0.345. The third-order valence-corrected chi connectivity index (χ3v) is 4.34. The lowest BCUT2D eigenvalue weighted by atomic mass is 10.2. The number of ether oxygens (including phenoxy) is 1. The highest BCUT2D eigenvalue weighted by Crippen LogP contribution is 2.14. The third-order valence-electron chi connectivity index (χ3n) is 2.88. The SMILES string of the molecule is O=C(COC(=O)CCCc1cccs1)Nc1ccc(Br)cc1. The lowest BCUT2D eigenvalue weighted by molar-refractivity contribution is -0.147. The smallest absolute Gasteiger partial charge is 0.306 e. The summed E-state index contributed by atoms with van der Waals surface area (Å²) in [6, 6.07) is 11.2. The summed E-state index contributed by atoms with van der Waals surface area (Å²) in [6.07, 6.45) is 1.91. The standard InChI is InChI=1S/C16H16BrNO3S/c17-12-6-8-13(9-7-12)18-15(19)11-21-16(20)5-1-3-14-4-2-10-22-14/h2,4,6-10H,1,3,5,11H2,(H,18,19). The predicted octanol–water partition coefficient (Wildman–Crippen LogP) is 4.02. The molecule has 6 heteroatoms. The van der Waals surface area contributed by atoms with Gasteiger partial charge in [-0.3, -0.25) is 9.59 Å². The van der Waals surface area contributed by atoms with Crippen molar-refractivity contribution in [3.05, 3.63) is 51.1 Å². The minimum absolute atomic E-state index is 0.256. The second-order valence-corrected chi connectivity index (χ2v) is 6.60. The number of hydrogen-bond donors (Lipinski definition) is 1. The van der Waals surface area contributed by atoms with Gasteiger partial charge in [0.2, 0.25) is 0 Å². The Hall–Kier alpha value is -1.66. The molecule has 22 heavy (non-hydrogen) atoms. The Morgan fingerprint density at radius 2 is 1.95 bits per heavy atom. The van der Waals surface area contributed by atoms with E-state index in [1.807, 2.05) is 29.6 Å². The van der Waals surface area contributed by atoms with Gasteiger partial charge >= 0.3 is 5.97 Å². The molecule has 0 aliphatic heterocycles. The van der Waals surface area contributed by atoms with E-state index in [4.69, 9.17) is 4.74 Å². The van der Waals surface area contributed by atoms with Crippen LogP contribution in [-0.4, -0.2) is 18.5 Å². The van der Waals surface area contributed by atoms with Gasteiger partial charge in [-0.1, -0.05) is 22.0 Å². The van der Waals surface area contributed by atoms with E-state index >= 15 is 0 Å². The van der Waals surface area contributed by atoms with Crippen LogP contribution in [0.15, 0.2) is 46.3 Å². The number of amides is 1. The zero-order valence-electron chi connectivity index (χ0n) is 11.9. The number of esters is 1. The van der Waals surface area contributed by atoms with Crippen LogP contribution in [0.25, 0.3) is 0 Å². The van der Waals surface area contributed by atoms with Crippen LogP contribution < -0.4 is 5.32 Å². The van der Waals surface area contributed by atoms with Crippen molar-refractivity contribution in [1.29, 1.82) is 0 Å². The minimum Gasteiger partial charge on any atom is -0.456 e. The molecular weight excluding hydrogens is 366 g/mol. The summed E-state index contributed by atoms with van der Waals surface area (Å²) in [5.41, 5.74) is 0.668. The van der Waals surface area contributed by atoms with E-state index in [-0.39, 0.29) is 18.5 Å². The van der Waals surface area contributed by atoms with Gasteiger partial charge < -0.3 is 10.1 Å². The highest BCUT2D eigenvalue weighted by atomic mass is 79.9.